The molecule has 3 amide bonds. The number of hydrogen-bond acceptors (Lipinski definition) is 3. The van der Waals surface area contributed by atoms with Crippen molar-refractivity contribution < 1.29 is 9.59 Å². The van der Waals surface area contributed by atoms with Crippen molar-refractivity contribution in [3.8, 4) is 0 Å². The zero-order chi connectivity index (χ0) is 13.7. The summed E-state index contributed by atoms with van der Waals surface area (Å²) in [6.45, 7) is 1.63. The van der Waals surface area contributed by atoms with Gasteiger partial charge in [0.15, 0.2) is 0 Å². The van der Waals surface area contributed by atoms with Gasteiger partial charge >= 0.3 is 6.03 Å². The van der Waals surface area contributed by atoms with Crippen LogP contribution in [0.4, 0.5) is 10.5 Å². The number of hydrogen-bond donors (Lipinski definition) is 3. The molecule has 0 saturated carbocycles. The van der Waals surface area contributed by atoms with E-state index < -0.39 is 6.03 Å². The number of halogens is 1. The fraction of sp³-hybridized carbons (Fsp3) is 0.385. The van der Waals surface area contributed by atoms with Crippen LogP contribution in [0, 0.1) is 5.92 Å². The maximum atomic E-state index is 11.8. The lowest BCUT2D eigenvalue weighted by molar-refractivity contribution is -0.124. The Morgan fingerprint density at radius 2 is 1.79 bits per heavy atom. The third-order valence-electron chi connectivity index (χ3n) is 3.05. The van der Waals surface area contributed by atoms with Gasteiger partial charge in [-0.2, -0.15) is 0 Å². The molecule has 19 heavy (non-hydrogen) atoms. The summed E-state index contributed by atoms with van der Waals surface area (Å²) in [5, 5.41) is 8.73. The van der Waals surface area contributed by atoms with Crippen LogP contribution in [0.2, 0.25) is 5.02 Å². The highest BCUT2D eigenvalue weighted by molar-refractivity contribution is 6.30. The minimum Gasteiger partial charge on any atom is -0.317 e. The molecule has 0 atom stereocenters. The van der Waals surface area contributed by atoms with Crippen molar-refractivity contribution in [1.29, 1.82) is 0 Å². The topological polar surface area (TPSA) is 70.2 Å². The highest BCUT2D eigenvalue weighted by Gasteiger charge is 2.22. The van der Waals surface area contributed by atoms with Gasteiger partial charge in [-0.1, -0.05) is 11.6 Å². The quantitative estimate of drug-likeness (QED) is 0.776. The van der Waals surface area contributed by atoms with Crippen LogP contribution in [0.15, 0.2) is 24.3 Å². The summed E-state index contributed by atoms with van der Waals surface area (Å²) in [5.74, 6) is -0.301. The highest BCUT2D eigenvalue weighted by atomic mass is 35.5. The number of amides is 3. The van der Waals surface area contributed by atoms with Crippen molar-refractivity contribution in [3.63, 3.8) is 0 Å². The Labute approximate surface area is 116 Å². The number of rotatable bonds is 2. The molecule has 1 fully saturated rings. The molecule has 6 heteroatoms. The third kappa shape index (κ3) is 4.22. The maximum Gasteiger partial charge on any atom is 0.325 e. The molecule has 0 unspecified atom stereocenters. The smallest absolute Gasteiger partial charge is 0.317 e. The van der Waals surface area contributed by atoms with E-state index in [2.05, 4.69) is 16.0 Å². The molecule has 1 aliphatic rings. The SMILES string of the molecule is O=C(NC(=O)C1CCNCC1)Nc1ccc(Cl)cc1. The number of benzene rings is 1. The highest BCUT2D eigenvalue weighted by Crippen LogP contribution is 2.14. The Balaban J connectivity index is 1.83. The number of imide groups is 1. The van der Waals surface area contributed by atoms with Crippen molar-refractivity contribution in [1.82, 2.24) is 10.6 Å². The minimum atomic E-state index is -0.508. The van der Waals surface area contributed by atoms with Gasteiger partial charge in [-0.25, -0.2) is 4.79 Å². The first-order valence-electron chi connectivity index (χ1n) is 6.23. The monoisotopic (exact) mass is 281 g/mol. The minimum absolute atomic E-state index is 0.0859. The van der Waals surface area contributed by atoms with Crippen molar-refractivity contribution in [2.75, 3.05) is 18.4 Å². The summed E-state index contributed by atoms with van der Waals surface area (Å²) in [6, 6.07) is 6.19. The largest absolute Gasteiger partial charge is 0.325 e. The van der Waals surface area contributed by atoms with Crippen LogP contribution < -0.4 is 16.0 Å². The first kappa shape index (κ1) is 13.8. The Morgan fingerprint density at radius 3 is 2.42 bits per heavy atom. The second-order valence-corrected chi connectivity index (χ2v) is 4.91. The molecule has 0 aliphatic carbocycles. The molecule has 0 bridgehead atoms. The van der Waals surface area contributed by atoms with Gasteiger partial charge in [-0.15, -0.1) is 0 Å². The Morgan fingerprint density at radius 1 is 1.16 bits per heavy atom. The lowest BCUT2D eigenvalue weighted by Crippen LogP contribution is -2.42. The van der Waals surface area contributed by atoms with Crippen LogP contribution in [0.25, 0.3) is 0 Å². The van der Waals surface area contributed by atoms with Crippen molar-refractivity contribution >= 4 is 29.2 Å². The molecule has 1 aromatic carbocycles. The first-order valence-corrected chi connectivity index (χ1v) is 6.61. The second-order valence-electron chi connectivity index (χ2n) is 4.47. The third-order valence-corrected chi connectivity index (χ3v) is 3.30. The van der Waals surface area contributed by atoms with Crippen LogP contribution in [-0.2, 0) is 4.79 Å². The molecule has 5 nitrogen and oxygen atoms in total. The lowest BCUT2D eigenvalue weighted by atomic mass is 9.97. The second kappa shape index (κ2) is 6.54. The Hall–Kier alpha value is -1.59. The average molecular weight is 282 g/mol. The van der Waals surface area contributed by atoms with Gasteiger partial charge in [0.05, 0.1) is 0 Å². The molecular formula is C13H16ClN3O2. The first-order chi connectivity index (χ1) is 9.15. The summed E-state index contributed by atoms with van der Waals surface area (Å²) in [5.41, 5.74) is 0.597. The number of carbonyl (C=O) groups is 2. The van der Waals surface area contributed by atoms with Crippen LogP contribution in [-0.4, -0.2) is 25.0 Å². The van der Waals surface area contributed by atoms with Gasteiger partial charge in [0.2, 0.25) is 5.91 Å². The molecular weight excluding hydrogens is 266 g/mol. The molecule has 2 rings (SSSR count). The normalized spacial score (nSPS) is 15.8. The number of carbonyl (C=O) groups excluding carboxylic acids is 2. The van der Waals surface area contributed by atoms with E-state index in [1.165, 1.54) is 0 Å². The predicted molar refractivity (Wildman–Crippen MR) is 74.2 cm³/mol. The zero-order valence-corrected chi connectivity index (χ0v) is 11.2. The van der Waals surface area contributed by atoms with Gasteiger partial charge in [-0.3, -0.25) is 10.1 Å². The van der Waals surface area contributed by atoms with E-state index in [1.54, 1.807) is 24.3 Å². The fourth-order valence-corrected chi connectivity index (χ4v) is 2.12. The molecule has 0 aromatic heterocycles. The van der Waals surface area contributed by atoms with Gasteiger partial charge < -0.3 is 10.6 Å². The van der Waals surface area contributed by atoms with Crippen molar-refractivity contribution in [2.45, 2.75) is 12.8 Å². The molecule has 1 aromatic rings. The van der Waals surface area contributed by atoms with E-state index in [0.29, 0.717) is 10.7 Å². The summed E-state index contributed by atoms with van der Waals surface area (Å²) < 4.78 is 0. The van der Waals surface area contributed by atoms with Crippen molar-refractivity contribution in [2.24, 2.45) is 5.92 Å². The molecule has 0 radical (unpaired) electrons. The fourth-order valence-electron chi connectivity index (χ4n) is 1.99. The number of nitrogens with one attached hydrogen (secondary N) is 3. The predicted octanol–water partition coefficient (Wildman–Crippen LogP) is 1.99. The van der Waals surface area contributed by atoms with Crippen LogP contribution >= 0.6 is 11.6 Å². The van der Waals surface area contributed by atoms with E-state index in [1.807, 2.05) is 0 Å². The summed E-state index contributed by atoms with van der Waals surface area (Å²) in [6.07, 6.45) is 1.53. The van der Waals surface area contributed by atoms with E-state index >= 15 is 0 Å². The van der Waals surface area contributed by atoms with Gasteiger partial charge in [-0.05, 0) is 50.2 Å². The van der Waals surface area contributed by atoms with Crippen LogP contribution in [0.3, 0.4) is 0 Å². The van der Waals surface area contributed by atoms with Crippen LogP contribution in [0.5, 0.6) is 0 Å². The number of urea groups is 1. The molecule has 1 saturated heterocycles. The molecule has 3 N–H and O–H groups in total. The number of piperidine rings is 1. The molecule has 1 aliphatic heterocycles. The van der Waals surface area contributed by atoms with E-state index in [4.69, 9.17) is 11.6 Å². The average Bonchev–Trinajstić information content (AvgIpc) is 2.42. The van der Waals surface area contributed by atoms with Crippen molar-refractivity contribution in [3.05, 3.63) is 29.3 Å². The summed E-state index contributed by atoms with van der Waals surface area (Å²) in [7, 11) is 0. The Bertz CT molecular complexity index is 455. The molecule has 102 valence electrons. The van der Waals surface area contributed by atoms with Gasteiger partial charge in [0, 0.05) is 16.6 Å². The molecule has 0 spiro atoms. The van der Waals surface area contributed by atoms with E-state index in [9.17, 15) is 9.59 Å². The van der Waals surface area contributed by atoms with Crippen LogP contribution in [0.1, 0.15) is 12.8 Å². The van der Waals surface area contributed by atoms with Gasteiger partial charge in [0.25, 0.3) is 0 Å². The Kier molecular flexibility index (Phi) is 4.76. The summed E-state index contributed by atoms with van der Waals surface area (Å²) >= 11 is 5.75. The lowest BCUT2D eigenvalue weighted by Gasteiger charge is -2.21. The molecule has 1 heterocycles. The van der Waals surface area contributed by atoms with E-state index in [-0.39, 0.29) is 11.8 Å². The maximum absolute atomic E-state index is 11.8. The zero-order valence-electron chi connectivity index (χ0n) is 10.4. The van der Waals surface area contributed by atoms with Gasteiger partial charge in [0.1, 0.15) is 0 Å². The van der Waals surface area contributed by atoms with E-state index in [0.717, 1.165) is 25.9 Å². The summed E-state index contributed by atoms with van der Waals surface area (Å²) in [4.78, 5) is 23.5. The standard InChI is InChI=1S/C13H16ClN3O2/c14-10-1-3-11(4-2-10)16-13(19)17-12(18)9-5-7-15-8-6-9/h1-4,9,15H,5-8H2,(H2,16,17,18,19). The number of anilines is 1.